The van der Waals surface area contributed by atoms with E-state index in [-0.39, 0.29) is 11.3 Å². The smallest absolute Gasteiger partial charge is 0.225 e. The van der Waals surface area contributed by atoms with Crippen LogP contribution < -0.4 is 14.8 Å². The molecule has 0 saturated heterocycles. The molecule has 0 aliphatic heterocycles. The van der Waals surface area contributed by atoms with Crippen LogP contribution in [0.1, 0.15) is 26.3 Å². The van der Waals surface area contributed by atoms with Crippen molar-refractivity contribution in [2.45, 2.75) is 32.1 Å². The van der Waals surface area contributed by atoms with E-state index in [0.29, 0.717) is 6.54 Å². The van der Waals surface area contributed by atoms with Crippen molar-refractivity contribution in [2.75, 3.05) is 27.0 Å². The molecule has 118 valence electrons. The Bertz CT molecular complexity index is 495. The third kappa shape index (κ3) is 4.56. The average molecular weight is 311 g/mol. The fourth-order valence-electron chi connectivity index (χ4n) is 1.94. The van der Waals surface area contributed by atoms with Crippen LogP contribution in [0.5, 0.6) is 11.5 Å². The van der Waals surface area contributed by atoms with Gasteiger partial charge in [-0.05, 0) is 24.3 Å². The van der Waals surface area contributed by atoms with Crippen LogP contribution in [-0.2, 0) is 11.2 Å². The summed E-state index contributed by atoms with van der Waals surface area (Å²) in [6.45, 7) is 6.34. The Morgan fingerprint density at radius 2 is 1.90 bits per heavy atom. The molecule has 1 amide bonds. The van der Waals surface area contributed by atoms with E-state index >= 15 is 0 Å². The summed E-state index contributed by atoms with van der Waals surface area (Å²) in [4.78, 5) is 12.9. The van der Waals surface area contributed by atoms with E-state index in [0.717, 1.165) is 28.4 Å². The Morgan fingerprint density at radius 3 is 2.38 bits per heavy atom. The number of amides is 1. The summed E-state index contributed by atoms with van der Waals surface area (Å²) in [5.41, 5.74) is 0.786. The van der Waals surface area contributed by atoms with Crippen LogP contribution in [0.15, 0.2) is 17.0 Å². The maximum Gasteiger partial charge on any atom is 0.225 e. The maximum atomic E-state index is 11.9. The van der Waals surface area contributed by atoms with Crippen molar-refractivity contribution in [3.63, 3.8) is 0 Å². The van der Waals surface area contributed by atoms with Crippen molar-refractivity contribution >= 4 is 17.7 Å². The number of methoxy groups -OCH3 is 2. The molecular formula is C16H25NO3S. The first kappa shape index (κ1) is 17.7. The van der Waals surface area contributed by atoms with Gasteiger partial charge in [0.2, 0.25) is 5.91 Å². The summed E-state index contributed by atoms with van der Waals surface area (Å²) in [6.07, 6.45) is 2.77. The van der Waals surface area contributed by atoms with Crippen LogP contribution >= 0.6 is 11.8 Å². The molecule has 0 radical (unpaired) electrons. The SMILES string of the molecule is COc1ccc(CCNC(=O)C(C)(C)C)c(SC)c1OC. The molecule has 1 N–H and O–H groups in total. The van der Waals surface area contributed by atoms with Gasteiger partial charge in [0, 0.05) is 12.0 Å². The van der Waals surface area contributed by atoms with E-state index in [1.54, 1.807) is 26.0 Å². The molecule has 1 aromatic carbocycles. The van der Waals surface area contributed by atoms with Gasteiger partial charge < -0.3 is 14.8 Å². The summed E-state index contributed by atoms with van der Waals surface area (Å²) >= 11 is 1.62. The Labute approximate surface area is 131 Å². The highest BCUT2D eigenvalue weighted by Gasteiger charge is 2.21. The second-order valence-corrected chi connectivity index (χ2v) is 6.57. The molecule has 0 unspecified atom stereocenters. The molecule has 0 aliphatic rings. The number of hydrogen-bond acceptors (Lipinski definition) is 4. The first-order valence-corrected chi connectivity index (χ1v) is 8.13. The molecule has 0 spiro atoms. The van der Waals surface area contributed by atoms with Crippen molar-refractivity contribution < 1.29 is 14.3 Å². The summed E-state index contributed by atoms with van der Waals surface area (Å²) < 4.78 is 10.8. The van der Waals surface area contributed by atoms with Crippen molar-refractivity contribution in [3.8, 4) is 11.5 Å². The average Bonchev–Trinajstić information content (AvgIpc) is 2.45. The third-order valence-corrected chi connectivity index (χ3v) is 4.00. The molecule has 0 aliphatic carbocycles. The van der Waals surface area contributed by atoms with Gasteiger partial charge in [0.15, 0.2) is 11.5 Å². The first-order chi connectivity index (χ1) is 9.85. The molecule has 5 heteroatoms. The summed E-state index contributed by atoms with van der Waals surface area (Å²) in [5, 5.41) is 2.97. The summed E-state index contributed by atoms with van der Waals surface area (Å²) in [7, 11) is 3.27. The Balaban J connectivity index is 2.82. The predicted molar refractivity (Wildman–Crippen MR) is 87.5 cm³/mol. The lowest BCUT2D eigenvalue weighted by Gasteiger charge is -2.19. The van der Waals surface area contributed by atoms with E-state index in [2.05, 4.69) is 5.32 Å². The van der Waals surface area contributed by atoms with Gasteiger partial charge in [0.25, 0.3) is 0 Å². The number of thioether (sulfide) groups is 1. The van der Waals surface area contributed by atoms with Gasteiger partial charge in [-0.25, -0.2) is 0 Å². The minimum Gasteiger partial charge on any atom is -0.493 e. The molecule has 4 nitrogen and oxygen atoms in total. The molecule has 0 fully saturated rings. The molecule has 0 atom stereocenters. The zero-order valence-corrected chi connectivity index (χ0v) is 14.5. The van der Waals surface area contributed by atoms with Gasteiger partial charge in [-0.3, -0.25) is 4.79 Å². The highest BCUT2D eigenvalue weighted by Crippen LogP contribution is 2.39. The van der Waals surface area contributed by atoms with Crippen LogP contribution in [0.25, 0.3) is 0 Å². The van der Waals surface area contributed by atoms with E-state index in [1.807, 2.05) is 39.2 Å². The minimum atomic E-state index is -0.361. The van der Waals surface area contributed by atoms with Gasteiger partial charge >= 0.3 is 0 Å². The monoisotopic (exact) mass is 311 g/mol. The molecule has 0 heterocycles. The molecule has 0 aromatic heterocycles. The van der Waals surface area contributed by atoms with E-state index < -0.39 is 0 Å². The van der Waals surface area contributed by atoms with Gasteiger partial charge in [-0.15, -0.1) is 11.8 Å². The van der Waals surface area contributed by atoms with Gasteiger partial charge in [0.05, 0.1) is 19.1 Å². The summed E-state index contributed by atoms with van der Waals surface area (Å²) in [5.74, 6) is 1.54. The van der Waals surface area contributed by atoms with Crippen molar-refractivity contribution in [1.82, 2.24) is 5.32 Å². The van der Waals surface area contributed by atoms with E-state index in [4.69, 9.17) is 9.47 Å². The first-order valence-electron chi connectivity index (χ1n) is 6.91. The van der Waals surface area contributed by atoms with E-state index in [9.17, 15) is 4.79 Å². The van der Waals surface area contributed by atoms with Gasteiger partial charge in [-0.1, -0.05) is 26.8 Å². The highest BCUT2D eigenvalue weighted by molar-refractivity contribution is 7.98. The number of ether oxygens (including phenoxy) is 2. The van der Waals surface area contributed by atoms with Crippen LogP contribution in [0.3, 0.4) is 0 Å². The molecule has 21 heavy (non-hydrogen) atoms. The number of hydrogen-bond donors (Lipinski definition) is 1. The molecular weight excluding hydrogens is 286 g/mol. The Hall–Kier alpha value is -1.36. The Morgan fingerprint density at radius 1 is 1.24 bits per heavy atom. The lowest BCUT2D eigenvalue weighted by atomic mass is 9.95. The van der Waals surface area contributed by atoms with Crippen molar-refractivity contribution in [3.05, 3.63) is 17.7 Å². The largest absolute Gasteiger partial charge is 0.493 e. The topological polar surface area (TPSA) is 47.6 Å². The predicted octanol–water partition coefficient (Wildman–Crippen LogP) is 3.13. The normalized spacial score (nSPS) is 11.1. The molecule has 0 bridgehead atoms. The van der Waals surface area contributed by atoms with Gasteiger partial charge in [-0.2, -0.15) is 0 Å². The zero-order valence-electron chi connectivity index (χ0n) is 13.7. The number of carbonyl (C=O) groups excluding carboxylic acids is 1. The number of benzene rings is 1. The third-order valence-electron chi connectivity index (χ3n) is 3.15. The quantitative estimate of drug-likeness (QED) is 0.820. The van der Waals surface area contributed by atoms with Crippen LogP contribution in [0.2, 0.25) is 0 Å². The van der Waals surface area contributed by atoms with Gasteiger partial charge in [0.1, 0.15) is 0 Å². The van der Waals surface area contributed by atoms with Crippen LogP contribution in [0.4, 0.5) is 0 Å². The molecule has 0 saturated carbocycles. The fraction of sp³-hybridized carbons (Fsp3) is 0.562. The lowest BCUT2D eigenvalue weighted by Crippen LogP contribution is -2.35. The number of nitrogens with one attached hydrogen (secondary N) is 1. The van der Waals surface area contributed by atoms with Crippen molar-refractivity contribution in [1.29, 1.82) is 0 Å². The van der Waals surface area contributed by atoms with Crippen LogP contribution in [0, 0.1) is 5.41 Å². The minimum absolute atomic E-state index is 0.0636. The number of rotatable bonds is 6. The fourth-order valence-corrected chi connectivity index (χ4v) is 2.74. The maximum absolute atomic E-state index is 11.9. The highest BCUT2D eigenvalue weighted by atomic mass is 32.2. The number of carbonyl (C=O) groups is 1. The van der Waals surface area contributed by atoms with Crippen LogP contribution in [-0.4, -0.2) is 32.9 Å². The standard InChI is InChI=1S/C16H25NO3S/c1-16(2,3)15(18)17-10-9-11-7-8-12(19-4)13(20-5)14(11)21-6/h7-8H,9-10H2,1-6H3,(H,17,18). The lowest BCUT2D eigenvalue weighted by molar-refractivity contribution is -0.128. The molecule has 1 rings (SSSR count). The zero-order chi connectivity index (χ0) is 16.0. The van der Waals surface area contributed by atoms with E-state index in [1.165, 1.54) is 0 Å². The van der Waals surface area contributed by atoms with Crippen molar-refractivity contribution in [2.24, 2.45) is 5.41 Å². The molecule has 1 aromatic rings. The Kier molecular flexibility index (Phi) is 6.40. The second kappa shape index (κ2) is 7.59. The second-order valence-electron chi connectivity index (χ2n) is 5.75. The summed E-state index contributed by atoms with van der Waals surface area (Å²) in [6, 6.07) is 3.93.